The fraction of sp³-hybridized carbons (Fsp3) is 0.500. The number of aryl methyl sites for hydroxylation is 1. The van der Waals surface area contributed by atoms with Crippen molar-refractivity contribution in [2.24, 2.45) is 5.41 Å². The predicted octanol–water partition coefficient (Wildman–Crippen LogP) is 2.37. The Kier molecular flexibility index (Phi) is 5.67. The summed E-state index contributed by atoms with van der Waals surface area (Å²) in [5, 5.41) is 13.3. The molecule has 4 rings (SSSR count). The third-order valence-electron chi connectivity index (χ3n) is 5.98. The molecular formula is C22H29N5O2. The number of para-hydroxylation sites is 1. The molecule has 1 aromatic carbocycles. The summed E-state index contributed by atoms with van der Waals surface area (Å²) in [4.78, 5) is 27.2. The van der Waals surface area contributed by atoms with E-state index in [2.05, 4.69) is 32.7 Å². The predicted molar refractivity (Wildman–Crippen MR) is 112 cm³/mol. The first-order chi connectivity index (χ1) is 14.0. The minimum Gasteiger partial charge on any atom is -0.350 e. The van der Waals surface area contributed by atoms with Crippen LogP contribution in [-0.2, 0) is 17.6 Å². The van der Waals surface area contributed by atoms with Gasteiger partial charge in [0.05, 0.1) is 6.54 Å². The number of aromatic amines is 1. The first-order valence-electron chi connectivity index (χ1n) is 10.4. The number of H-pyrrole nitrogens is 1. The number of amides is 2. The third kappa shape index (κ3) is 4.67. The van der Waals surface area contributed by atoms with Crippen molar-refractivity contribution in [3.05, 3.63) is 47.3 Å². The quantitative estimate of drug-likeness (QED) is 0.700. The summed E-state index contributed by atoms with van der Waals surface area (Å²) in [6.45, 7) is 4.83. The summed E-state index contributed by atoms with van der Waals surface area (Å²) < 4.78 is 0. The summed E-state index contributed by atoms with van der Waals surface area (Å²) in [5.74, 6) is -0.0962. The van der Waals surface area contributed by atoms with Gasteiger partial charge in [-0.25, -0.2) is 0 Å². The fourth-order valence-corrected chi connectivity index (χ4v) is 4.52. The molecular weight excluding hydrogens is 366 g/mol. The number of piperidine rings is 1. The van der Waals surface area contributed by atoms with E-state index in [1.165, 1.54) is 0 Å². The molecule has 2 aromatic rings. The Bertz CT molecular complexity index is 879. The number of carbonyl (C=O) groups is 2. The van der Waals surface area contributed by atoms with E-state index < -0.39 is 0 Å². The second kappa shape index (κ2) is 8.37. The monoisotopic (exact) mass is 395 g/mol. The molecule has 0 saturated carbocycles. The molecule has 2 aliphatic rings. The van der Waals surface area contributed by atoms with Crippen LogP contribution in [0.4, 0.5) is 5.69 Å². The highest BCUT2D eigenvalue weighted by molar-refractivity contribution is 5.94. The van der Waals surface area contributed by atoms with E-state index in [-0.39, 0.29) is 17.2 Å². The van der Waals surface area contributed by atoms with E-state index in [0.29, 0.717) is 18.8 Å². The van der Waals surface area contributed by atoms with Crippen molar-refractivity contribution < 1.29 is 9.59 Å². The average molecular weight is 396 g/mol. The molecule has 3 N–H and O–H groups in total. The van der Waals surface area contributed by atoms with Crippen LogP contribution in [0.3, 0.4) is 0 Å². The van der Waals surface area contributed by atoms with Gasteiger partial charge in [0.25, 0.3) is 5.91 Å². The molecule has 0 bridgehead atoms. The van der Waals surface area contributed by atoms with Crippen molar-refractivity contribution in [1.29, 1.82) is 0 Å². The fourth-order valence-electron chi connectivity index (χ4n) is 4.52. The number of carbonyl (C=O) groups excluding carboxylic acids is 2. The Hall–Kier alpha value is -2.67. The number of rotatable bonds is 6. The lowest BCUT2D eigenvalue weighted by Gasteiger charge is -2.40. The van der Waals surface area contributed by atoms with Gasteiger partial charge in [-0.2, -0.15) is 5.10 Å². The Balaban J connectivity index is 1.29. The molecule has 1 fully saturated rings. The number of nitrogens with one attached hydrogen (secondary N) is 3. The van der Waals surface area contributed by atoms with Crippen LogP contribution in [0.15, 0.2) is 30.3 Å². The largest absolute Gasteiger partial charge is 0.350 e. The minimum absolute atomic E-state index is 0.00317. The highest BCUT2D eigenvalue weighted by Gasteiger charge is 2.33. The Morgan fingerprint density at radius 2 is 2.03 bits per heavy atom. The van der Waals surface area contributed by atoms with Gasteiger partial charge in [-0.05, 0) is 56.2 Å². The van der Waals surface area contributed by atoms with Gasteiger partial charge in [-0.3, -0.25) is 19.6 Å². The molecule has 1 unspecified atom stereocenters. The molecule has 0 radical (unpaired) electrons. The molecule has 29 heavy (non-hydrogen) atoms. The van der Waals surface area contributed by atoms with Crippen molar-refractivity contribution in [3.8, 4) is 0 Å². The normalized spacial score (nSPS) is 21.6. The lowest BCUT2D eigenvalue weighted by molar-refractivity contribution is -0.118. The van der Waals surface area contributed by atoms with Gasteiger partial charge in [-0.15, -0.1) is 0 Å². The first-order valence-corrected chi connectivity index (χ1v) is 10.4. The van der Waals surface area contributed by atoms with Gasteiger partial charge in [0, 0.05) is 30.0 Å². The zero-order chi connectivity index (χ0) is 20.3. The zero-order valence-electron chi connectivity index (χ0n) is 17.0. The Morgan fingerprint density at radius 1 is 1.21 bits per heavy atom. The standard InChI is InChI=1S/C22H29N5O2/c1-22(14-23-21(29)20-17-9-5-10-18(17)25-26-20)11-6-12-27(15-22)13-19(28)24-16-7-3-2-4-8-16/h2-4,7-8H,5-6,9-15H2,1H3,(H,23,29)(H,24,28)(H,25,26). The van der Waals surface area contributed by atoms with Gasteiger partial charge in [-0.1, -0.05) is 25.1 Å². The van der Waals surface area contributed by atoms with Crippen LogP contribution in [-0.4, -0.2) is 53.1 Å². The van der Waals surface area contributed by atoms with Crippen LogP contribution in [0.1, 0.15) is 47.9 Å². The summed E-state index contributed by atoms with van der Waals surface area (Å²) in [7, 11) is 0. The number of hydrogen-bond acceptors (Lipinski definition) is 4. The highest BCUT2D eigenvalue weighted by atomic mass is 16.2. The van der Waals surface area contributed by atoms with Crippen LogP contribution in [0, 0.1) is 5.41 Å². The van der Waals surface area contributed by atoms with Gasteiger partial charge in [0.2, 0.25) is 5.91 Å². The Labute approximate surface area is 171 Å². The maximum absolute atomic E-state index is 12.6. The van der Waals surface area contributed by atoms with Crippen LogP contribution >= 0.6 is 0 Å². The molecule has 1 aliphatic heterocycles. The smallest absolute Gasteiger partial charge is 0.272 e. The van der Waals surface area contributed by atoms with Crippen molar-refractivity contribution in [2.45, 2.75) is 39.0 Å². The number of aromatic nitrogens is 2. The van der Waals surface area contributed by atoms with E-state index in [4.69, 9.17) is 0 Å². The Morgan fingerprint density at radius 3 is 2.86 bits per heavy atom. The summed E-state index contributed by atoms with van der Waals surface area (Å²) in [5.41, 5.74) is 3.50. The maximum Gasteiger partial charge on any atom is 0.272 e. The first kappa shape index (κ1) is 19.6. The minimum atomic E-state index is -0.0930. The third-order valence-corrected chi connectivity index (χ3v) is 5.98. The molecule has 1 saturated heterocycles. The summed E-state index contributed by atoms with van der Waals surface area (Å²) in [6, 6.07) is 9.52. The van der Waals surface area contributed by atoms with Crippen molar-refractivity contribution in [2.75, 3.05) is 31.5 Å². The van der Waals surface area contributed by atoms with Gasteiger partial charge < -0.3 is 10.6 Å². The summed E-state index contributed by atoms with van der Waals surface area (Å²) in [6.07, 6.45) is 5.04. The zero-order valence-corrected chi connectivity index (χ0v) is 17.0. The number of benzene rings is 1. The highest BCUT2D eigenvalue weighted by Crippen LogP contribution is 2.29. The molecule has 1 aliphatic carbocycles. The van der Waals surface area contributed by atoms with Gasteiger partial charge >= 0.3 is 0 Å². The second-order valence-corrected chi connectivity index (χ2v) is 8.60. The molecule has 0 spiro atoms. The molecule has 7 nitrogen and oxygen atoms in total. The SMILES string of the molecule is CC1(CNC(=O)c2n[nH]c3c2CCC3)CCCN(CC(=O)Nc2ccccc2)C1. The van der Waals surface area contributed by atoms with Gasteiger partial charge in [0.1, 0.15) is 0 Å². The molecule has 1 aromatic heterocycles. The van der Waals surface area contributed by atoms with E-state index in [1.54, 1.807) is 0 Å². The van der Waals surface area contributed by atoms with Crippen LogP contribution in [0.2, 0.25) is 0 Å². The lowest BCUT2D eigenvalue weighted by Crippen LogP contribution is -2.49. The number of anilines is 1. The van der Waals surface area contributed by atoms with Crippen molar-refractivity contribution in [3.63, 3.8) is 0 Å². The van der Waals surface area contributed by atoms with Crippen LogP contribution in [0.25, 0.3) is 0 Å². The lowest BCUT2D eigenvalue weighted by atomic mass is 9.81. The van der Waals surface area contributed by atoms with E-state index >= 15 is 0 Å². The van der Waals surface area contributed by atoms with Crippen LogP contribution < -0.4 is 10.6 Å². The van der Waals surface area contributed by atoms with Crippen molar-refractivity contribution >= 4 is 17.5 Å². The molecule has 1 atom stereocenters. The second-order valence-electron chi connectivity index (χ2n) is 8.60. The van der Waals surface area contributed by atoms with E-state index in [1.807, 2.05) is 30.3 Å². The number of hydrogen-bond donors (Lipinski definition) is 3. The molecule has 7 heteroatoms. The number of likely N-dealkylation sites (tertiary alicyclic amines) is 1. The number of nitrogens with zero attached hydrogens (tertiary/aromatic N) is 2. The topological polar surface area (TPSA) is 90.1 Å². The average Bonchev–Trinajstić information content (AvgIpc) is 3.31. The van der Waals surface area contributed by atoms with Gasteiger partial charge in [0.15, 0.2) is 5.69 Å². The molecule has 2 heterocycles. The summed E-state index contributed by atoms with van der Waals surface area (Å²) >= 11 is 0. The van der Waals surface area contributed by atoms with E-state index in [0.717, 1.165) is 62.1 Å². The molecule has 154 valence electrons. The molecule has 2 amide bonds. The maximum atomic E-state index is 12.6. The van der Waals surface area contributed by atoms with E-state index in [9.17, 15) is 9.59 Å². The van der Waals surface area contributed by atoms with Crippen molar-refractivity contribution in [1.82, 2.24) is 20.4 Å². The van der Waals surface area contributed by atoms with Crippen LogP contribution in [0.5, 0.6) is 0 Å². The number of fused-ring (bicyclic) bond motifs is 1.